The van der Waals surface area contributed by atoms with E-state index in [1.165, 1.54) is 6.07 Å². The van der Waals surface area contributed by atoms with Crippen LogP contribution in [0.25, 0.3) is 0 Å². The first-order valence-electron chi connectivity index (χ1n) is 5.95. The van der Waals surface area contributed by atoms with E-state index in [0.29, 0.717) is 30.3 Å². The third-order valence-electron chi connectivity index (χ3n) is 2.70. The summed E-state index contributed by atoms with van der Waals surface area (Å²) >= 11 is 6.08. The van der Waals surface area contributed by atoms with E-state index in [2.05, 4.69) is 0 Å². The molecule has 0 unspecified atom stereocenters. The molecule has 6 nitrogen and oxygen atoms in total. The molecule has 0 fully saturated rings. The second-order valence-corrected chi connectivity index (χ2v) is 4.67. The number of benzene rings is 1. The van der Waals surface area contributed by atoms with Crippen LogP contribution < -0.4 is 5.73 Å². The van der Waals surface area contributed by atoms with Gasteiger partial charge in [-0.15, -0.1) is 0 Å². The first-order chi connectivity index (χ1) is 9.43. The number of carbonyl (C=O) groups excluding carboxylic acids is 1. The van der Waals surface area contributed by atoms with E-state index in [1.807, 2.05) is 0 Å². The van der Waals surface area contributed by atoms with Crippen molar-refractivity contribution >= 4 is 23.5 Å². The highest BCUT2D eigenvalue weighted by Gasteiger charge is 2.13. The number of aliphatic carboxylic acids is 1. The van der Waals surface area contributed by atoms with Gasteiger partial charge in [0.05, 0.1) is 13.2 Å². The number of carboxylic acid groups (broad SMARTS) is 1. The maximum absolute atomic E-state index is 11.0. The van der Waals surface area contributed by atoms with Gasteiger partial charge in [-0.1, -0.05) is 17.7 Å². The minimum Gasteiger partial charge on any atom is -0.480 e. The highest BCUT2D eigenvalue weighted by atomic mass is 35.5. The first kappa shape index (κ1) is 16.4. The lowest BCUT2D eigenvalue weighted by molar-refractivity contribution is -0.138. The fourth-order valence-corrected chi connectivity index (χ4v) is 1.94. The van der Waals surface area contributed by atoms with Crippen molar-refractivity contribution in [2.45, 2.75) is 6.54 Å². The number of primary amides is 1. The standard InChI is InChI=1S/C13H17ClN2O4/c1-20-5-4-16(8-12(17)18)7-10-3-2-9(13(15)19)6-11(10)14/h2-3,6H,4-5,7-8H2,1H3,(H2,15,19)(H,17,18). The summed E-state index contributed by atoms with van der Waals surface area (Å²) in [5, 5.41) is 9.25. The van der Waals surface area contributed by atoms with Crippen LogP contribution in [0, 0.1) is 0 Å². The van der Waals surface area contributed by atoms with E-state index < -0.39 is 11.9 Å². The summed E-state index contributed by atoms with van der Waals surface area (Å²) in [6, 6.07) is 4.72. The summed E-state index contributed by atoms with van der Waals surface area (Å²) in [4.78, 5) is 23.5. The minimum atomic E-state index is -0.925. The third-order valence-corrected chi connectivity index (χ3v) is 3.05. The van der Waals surface area contributed by atoms with E-state index >= 15 is 0 Å². The van der Waals surface area contributed by atoms with Gasteiger partial charge in [0.1, 0.15) is 0 Å². The number of halogens is 1. The lowest BCUT2D eigenvalue weighted by Crippen LogP contribution is -2.32. The molecular formula is C13H17ClN2O4. The Kier molecular flexibility index (Phi) is 6.44. The monoisotopic (exact) mass is 300 g/mol. The molecule has 0 radical (unpaired) electrons. The summed E-state index contributed by atoms with van der Waals surface area (Å²) in [7, 11) is 1.55. The normalized spacial score (nSPS) is 10.8. The second kappa shape index (κ2) is 7.84. The molecule has 3 N–H and O–H groups in total. The van der Waals surface area contributed by atoms with E-state index in [4.69, 9.17) is 27.2 Å². The molecule has 20 heavy (non-hydrogen) atoms. The molecule has 0 saturated heterocycles. The first-order valence-corrected chi connectivity index (χ1v) is 6.33. The molecule has 0 aliphatic heterocycles. The van der Waals surface area contributed by atoms with E-state index in [1.54, 1.807) is 24.1 Å². The summed E-state index contributed by atoms with van der Waals surface area (Å²) in [6.07, 6.45) is 0. The Hall–Kier alpha value is -1.63. The molecule has 0 aliphatic rings. The van der Waals surface area contributed by atoms with Crippen molar-refractivity contribution in [2.75, 3.05) is 26.8 Å². The number of nitrogens with zero attached hydrogens (tertiary/aromatic N) is 1. The number of carboxylic acids is 1. The fourth-order valence-electron chi connectivity index (χ4n) is 1.70. The van der Waals surface area contributed by atoms with Crippen molar-refractivity contribution in [1.82, 2.24) is 4.90 Å². The molecule has 1 aromatic rings. The Bertz CT molecular complexity index is 493. The van der Waals surface area contributed by atoms with Crippen molar-refractivity contribution in [3.63, 3.8) is 0 Å². The molecule has 1 rings (SSSR count). The molecule has 0 atom stereocenters. The maximum atomic E-state index is 11.0. The molecular weight excluding hydrogens is 284 g/mol. The Morgan fingerprint density at radius 3 is 2.65 bits per heavy atom. The van der Waals surface area contributed by atoms with Gasteiger partial charge in [0.25, 0.3) is 0 Å². The average molecular weight is 301 g/mol. The largest absolute Gasteiger partial charge is 0.480 e. The number of ether oxygens (including phenoxy) is 1. The van der Waals surface area contributed by atoms with Crippen molar-refractivity contribution in [3.05, 3.63) is 34.3 Å². The van der Waals surface area contributed by atoms with Crippen LogP contribution >= 0.6 is 11.6 Å². The van der Waals surface area contributed by atoms with Gasteiger partial charge in [0.15, 0.2) is 0 Å². The van der Waals surface area contributed by atoms with Crippen LogP contribution in [-0.2, 0) is 16.1 Å². The number of nitrogens with two attached hydrogens (primary N) is 1. The quantitative estimate of drug-likeness (QED) is 0.746. The smallest absolute Gasteiger partial charge is 0.317 e. The van der Waals surface area contributed by atoms with Crippen LogP contribution in [0.4, 0.5) is 0 Å². The third kappa shape index (κ3) is 5.16. The van der Waals surface area contributed by atoms with Gasteiger partial charge in [-0.2, -0.15) is 0 Å². The average Bonchev–Trinajstić information content (AvgIpc) is 2.37. The SMILES string of the molecule is COCCN(CC(=O)O)Cc1ccc(C(N)=O)cc1Cl. The van der Waals surface area contributed by atoms with Gasteiger partial charge in [0, 0.05) is 30.8 Å². The number of hydrogen-bond acceptors (Lipinski definition) is 4. The van der Waals surface area contributed by atoms with Crippen molar-refractivity contribution in [2.24, 2.45) is 5.73 Å². The number of rotatable bonds is 8. The summed E-state index contributed by atoms with van der Waals surface area (Å²) < 4.78 is 4.94. The summed E-state index contributed by atoms with van der Waals surface area (Å²) in [5.74, 6) is -1.48. The Labute approximate surface area is 122 Å². The molecule has 1 amide bonds. The molecule has 1 aromatic carbocycles. The Balaban J connectivity index is 2.81. The number of hydrogen-bond donors (Lipinski definition) is 2. The molecule has 0 saturated carbocycles. The van der Waals surface area contributed by atoms with Crippen molar-refractivity contribution < 1.29 is 19.4 Å². The molecule has 0 aromatic heterocycles. The zero-order valence-electron chi connectivity index (χ0n) is 11.1. The van der Waals surface area contributed by atoms with Crippen molar-refractivity contribution in [3.8, 4) is 0 Å². The van der Waals surface area contributed by atoms with Gasteiger partial charge in [0.2, 0.25) is 5.91 Å². The van der Waals surface area contributed by atoms with Gasteiger partial charge >= 0.3 is 5.97 Å². The van der Waals surface area contributed by atoms with Crippen LogP contribution in [-0.4, -0.2) is 48.7 Å². The molecule has 0 spiro atoms. The van der Waals surface area contributed by atoms with Gasteiger partial charge in [-0.3, -0.25) is 14.5 Å². The predicted octanol–water partition coefficient (Wildman–Crippen LogP) is 0.972. The second-order valence-electron chi connectivity index (χ2n) is 4.27. The zero-order valence-corrected chi connectivity index (χ0v) is 11.9. The van der Waals surface area contributed by atoms with Crippen LogP contribution in [0.5, 0.6) is 0 Å². The molecule has 110 valence electrons. The van der Waals surface area contributed by atoms with E-state index in [-0.39, 0.29) is 6.54 Å². The number of amides is 1. The highest BCUT2D eigenvalue weighted by Crippen LogP contribution is 2.19. The molecule has 7 heteroatoms. The summed E-state index contributed by atoms with van der Waals surface area (Å²) in [5.41, 5.74) is 6.21. The lowest BCUT2D eigenvalue weighted by Gasteiger charge is -2.20. The number of carbonyl (C=O) groups is 2. The predicted molar refractivity (Wildman–Crippen MR) is 74.8 cm³/mol. The number of methoxy groups -OCH3 is 1. The van der Waals surface area contributed by atoms with Gasteiger partial charge in [-0.05, 0) is 17.7 Å². The maximum Gasteiger partial charge on any atom is 0.317 e. The molecule has 0 heterocycles. The van der Waals surface area contributed by atoms with E-state index in [9.17, 15) is 9.59 Å². The molecule has 0 bridgehead atoms. The van der Waals surface area contributed by atoms with Crippen LogP contribution in [0.3, 0.4) is 0 Å². The van der Waals surface area contributed by atoms with Crippen LogP contribution in [0.15, 0.2) is 18.2 Å². The zero-order chi connectivity index (χ0) is 15.1. The van der Waals surface area contributed by atoms with Crippen LogP contribution in [0.2, 0.25) is 5.02 Å². The lowest BCUT2D eigenvalue weighted by atomic mass is 10.1. The fraction of sp³-hybridized carbons (Fsp3) is 0.385. The summed E-state index contributed by atoms with van der Waals surface area (Å²) in [6.45, 7) is 1.13. The van der Waals surface area contributed by atoms with Gasteiger partial charge < -0.3 is 15.6 Å². The Morgan fingerprint density at radius 2 is 2.15 bits per heavy atom. The topological polar surface area (TPSA) is 92.9 Å². The van der Waals surface area contributed by atoms with Gasteiger partial charge in [-0.25, -0.2) is 0 Å². The van der Waals surface area contributed by atoms with Crippen LogP contribution in [0.1, 0.15) is 15.9 Å². The van der Waals surface area contributed by atoms with E-state index in [0.717, 1.165) is 5.56 Å². The highest BCUT2D eigenvalue weighted by molar-refractivity contribution is 6.31. The molecule has 0 aliphatic carbocycles. The Morgan fingerprint density at radius 1 is 1.45 bits per heavy atom. The minimum absolute atomic E-state index is 0.114. The van der Waals surface area contributed by atoms with Crippen molar-refractivity contribution in [1.29, 1.82) is 0 Å².